The number of carbonyl (C=O) groups is 1. The van der Waals surface area contributed by atoms with Crippen LogP contribution < -0.4 is 10.5 Å². The highest BCUT2D eigenvalue weighted by Crippen LogP contribution is 2.21. The Morgan fingerprint density at radius 3 is 2.82 bits per heavy atom. The molecule has 1 aromatic carbocycles. The molecule has 0 aliphatic heterocycles. The van der Waals surface area contributed by atoms with E-state index in [2.05, 4.69) is 0 Å². The molecule has 0 aliphatic rings. The van der Waals surface area contributed by atoms with E-state index in [1.807, 2.05) is 16.8 Å². The summed E-state index contributed by atoms with van der Waals surface area (Å²) < 4.78 is 5.05. The van der Waals surface area contributed by atoms with Crippen molar-refractivity contribution in [3.8, 4) is 5.75 Å². The third kappa shape index (κ3) is 2.65. The van der Waals surface area contributed by atoms with Crippen LogP contribution in [0.3, 0.4) is 0 Å². The topological polar surface area (TPSA) is 52.3 Å². The highest BCUT2D eigenvalue weighted by atomic mass is 32.1. The van der Waals surface area contributed by atoms with Gasteiger partial charge in [0.2, 0.25) is 0 Å². The number of ketones is 1. The quantitative estimate of drug-likeness (QED) is 0.667. The summed E-state index contributed by atoms with van der Waals surface area (Å²) in [5, 5.41) is 3.93. The van der Waals surface area contributed by atoms with Crippen molar-refractivity contribution in [1.29, 1.82) is 0 Å². The second-order valence-electron chi connectivity index (χ2n) is 3.68. The van der Waals surface area contributed by atoms with E-state index in [0.717, 1.165) is 5.56 Å². The summed E-state index contributed by atoms with van der Waals surface area (Å²) in [5.74, 6) is 0.693. The van der Waals surface area contributed by atoms with Gasteiger partial charge in [-0.1, -0.05) is 0 Å². The van der Waals surface area contributed by atoms with E-state index in [0.29, 0.717) is 23.4 Å². The van der Waals surface area contributed by atoms with Gasteiger partial charge in [-0.2, -0.15) is 11.3 Å². The number of hydrogen-bond acceptors (Lipinski definition) is 4. The number of nitrogens with two attached hydrogens (primary N) is 1. The number of hydrogen-bond donors (Lipinski definition) is 1. The molecule has 4 heteroatoms. The average Bonchev–Trinajstić information content (AvgIpc) is 2.81. The van der Waals surface area contributed by atoms with Crippen molar-refractivity contribution in [1.82, 2.24) is 0 Å². The van der Waals surface area contributed by atoms with E-state index >= 15 is 0 Å². The van der Waals surface area contributed by atoms with Gasteiger partial charge in [0.05, 0.1) is 7.11 Å². The molecule has 1 aromatic heterocycles. The predicted octanol–water partition coefficient (Wildman–Crippen LogP) is 2.76. The fourth-order valence-corrected chi connectivity index (χ4v) is 2.26. The van der Waals surface area contributed by atoms with Gasteiger partial charge in [-0.25, -0.2) is 0 Å². The van der Waals surface area contributed by atoms with Gasteiger partial charge < -0.3 is 10.5 Å². The van der Waals surface area contributed by atoms with Crippen LogP contribution in [-0.2, 0) is 6.42 Å². The first-order valence-corrected chi connectivity index (χ1v) is 6.13. The molecule has 0 aliphatic carbocycles. The molecule has 0 bridgehead atoms. The van der Waals surface area contributed by atoms with Gasteiger partial charge >= 0.3 is 0 Å². The normalized spacial score (nSPS) is 10.2. The number of rotatable bonds is 4. The molecular formula is C13H13NO2S. The molecule has 0 saturated carbocycles. The zero-order chi connectivity index (χ0) is 12.3. The minimum absolute atomic E-state index is 0.0311. The SMILES string of the molecule is COc1ccc(C(=O)Cc2ccsc2)c(N)c1. The number of ether oxygens (including phenoxy) is 1. The summed E-state index contributed by atoms with van der Waals surface area (Å²) in [4.78, 5) is 12.0. The number of benzene rings is 1. The van der Waals surface area contributed by atoms with Crippen molar-refractivity contribution >= 4 is 22.8 Å². The van der Waals surface area contributed by atoms with Crippen LogP contribution in [0.25, 0.3) is 0 Å². The Bertz CT molecular complexity index is 520. The van der Waals surface area contributed by atoms with Crippen LogP contribution in [0.15, 0.2) is 35.0 Å². The zero-order valence-electron chi connectivity index (χ0n) is 9.47. The lowest BCUT2D eigenvalue weighted by atomic mass is 10.0. The van der Waals surface area contributed by atoms with Crippen molar-refractivity contribution in [3.63, 3.8) is 0 Å². The fraction of sp³-hybridized carbons (Fsp3) is 0.154. The molecular weight excluding hydrogens is 234 g/mol. The molecule has 17 heavy (non-hydrogen) atoms. The number of thiophene rings is 1. The third-order valence-electron chi connectivity index (χ3n) is 2.50. The second-order valence-corrected chi connectivity index (χ2v) is 4.46. The van der Waals surface area contributed by atoms with Gasteiger partial charge in [-0.3, -0.25) is 4.79 Å². The molecule has 0 saturated heterocycles. The third-order valence-corrected chi connectivity index (χ3v) is 3.24. The first kappa shape index (κ1) is 11.7. The lowest BCUT2D eigenvalue weighted by Gasteiger charge is -2.06. The van der Waals surface area contributed by atoms with Gasteiger partial charge in [-0.05, 0) is 34.5 Å². The fourth-order valence-electron chi connectivity index (χ4n) is 1.60. The molecule has 0 fully saturated rings. The van der Waals surface area contributed by atoms with Gasteiger partial charge in [-0.15, -0.1) is 0 Å². The van der Waals surface area contributed by atoms with E-state index in [1.54, 1.807) is 36.6 Å². The first-order valence-electron chi connectivity index (χ1n) is 5.18. The molecule has 0 amide bonds. The number of Topliss-reactive ketones (excluding diaryl/α,β-unsaturated/α-hetero) is 1. The van der Waals surface area contributed by atoms with Crippen LogP contribution in [0, 0.1) is 0 Å². The van der Waals surface area contributed by atoms with E-state index in [-0.39, 0.29) is 5.78 Å². The number of methoxy groups -OCH3 is 1. The lowest BCUT2D eigenvalue weighted by Crippen LogP contribution is -2.06. The van der Waals surface area contributed by atoms with Gasteiger partial charge in [0, 0.05) is 23.7 Å². The Morgan fingerprint density at radius 2 is 2.24 bits per heavy atom. The molecule has 3 nitrogen and oxygen atoms in total. The van der Waals surface area contributed by atoms with Crippen molar-refractivity contribution in [2.75, 3.05) is 12.8 Å². The van der Waals surface area contributed by atoms with Crippen LogP contribution in [0.2, 0.25) is 0 Å². The van der Waals surface area contributed by atoms with E-state index in [9.17, 15) is 4.79 Å². The number of nitrogen functional groups attached to an aromatic ring is 1. The molecule has 0 spiro atoms. The monoisotopic (exact) mass is 247 g/mol. The summed E-state index contributed by atoms with van der Waals surface area (Å²) in [6.07, 6.45) is 0.389. The van der Waals surface area contributed by atoms with Gasteiger partial charge in [0.25, 0.3) is 0 Å². The summed E-state index contributed by atoms with van der Waals surface area (Å²) in [6, 6.07) is 7.07. The maximum absolute atomic E-state index is 12.0. The Balaban J connectivity index is 2.19. The van der Waals surface area contributed by atoms with Crippen LogP contribution >= 0.6 is 11.3 Å². The molecule has 2 rings (SSSR count). The molecule has 1 heterocycles. The average molecular weight is 247 g/mol. The summed E-state index contributed by atoms with van der Waals surface area (Å²) in [7, 11) is 1.57. The van der Waals surface area contributed by atoms with E-state index < -0.39 is 0 Å². The van der Waals surface area contributed by atoms with E-state index in [1.165, 1.54) is 0 Å². The molecule has 2 N–H and O–H groups in total. The minimum atomic E-state index is 0.0311. The Kier molecular flexibility index (Phi) is 3.44. The highest BCUT2D eigenvalue weighted by Gasteiger charge is 2.11. The van der Waals surface area contributed by atoms with Crippen LogP contribution in [0.5, 0.6) is 5.75 Å². The Labute approximate surface area is 104 Å². The van der Waals surface area contributed by atoms with Crippen molar-refractivity contribution in [2.24, 2.45) is 0 Å². The number of anilines is 1. The van der Waals surface area contributed by atoms with Crippen molar-refractivity contribution < 1.29 is 9.53 Å². The maximum Gasteiger partial charge on any atom is 0.169 e. The minimum Gasteiger partial charge on any atom is -0.497 e. The Morgan fingerprint density at radius 1 is 1.41 bits per heavy atom. The summed E-state index contributed by atoms with van der Waals surface area (Å²) >= 11 is 1.58. The van der Waals surface area contributed by atoms with E-state index in [4.69, 9.17) is 10.5 Å². The highest BCUT2D eigenvalue weighted by molar-refractivity contribution is 7.08. The maximum atomic E-state index is 12.0. The molecule has 0 unspecified atom stereocenters. The molecule has 2 aromatic rings. The largest absolute Gasteiger partial charge is 0.497 e. The first-order chi connectivity index (χ1) is 8.20. The van der Waals surface area contributed by atoms with Crippen LogP contribution in [0.1, 0.15) is 15.9 Å². The molecule has 0 atom stereocenters. The summed E-state index contributed by atoms with van der Waals surface area (Å²) in [6.45, 7) is 0. The smallest absolute Gasteiger partial charge is 0.169 e. The lowest BCUT2D eigenvalue weighted by molar-refractivity contribution is 0.0994. The van der Waals surface area contributed by atoms with Crippen molar-refractivity contribution in [2.45, 2.75) is 6.42 Å². The molecule has 88 valence electrons. The van der Waals surface area contributed by atoms with Gasteiger partial charge in [0.1, 0.15) is 5.75 Å². The Hall–Kier alpha value is -1.81. The van der Waals surface area contributed by atoms with Crippen LogP contribution in [0.4, 0.5) is 5.69 Å². The molecule has 0 radical (unpaired) electrons. The number of carbonyl (C=O) groups excluding carboxylic acids is 1. The summed E-state index contributed by atoms with van der Waals surface area (Å²) in [5.41, 5.74) is 7.87. The second kappa shape index (κ2) is 5.01. The zero-order valence-corrected chi connectivity index (χ0v) is 10.3. The van der Waals surface area contributed by atoms with Gasteiger partial charge in [0.15, 0.2) is 5.78 Å². The van der Waals surface area contributed by atoms with Crippen molar-refractivity contribution in [3.05, 3.63) is 46.2 Å². The standard InChI is InChI=1S/C13H13NO2S/c1-16-10-2-3-11(12(14)7-10)13(15)6-9-4-5-17-8-9/h2-5,7-8H,6,14H2,1H3. The van der Waals surface area contributed by atoms with Crippen LogP contribution in [-0.4, -0.2) is 12.9 Å². The predicted molar refractivity (Wildman–Crippen MR) is 69.8 cm³/mol.